The number of primary amides is 1. The lowest BCUT2D eigenvalue weighted by molar-refractivity contribution is 0.249. The Labute approximate surface area is 120 Å². The highest BCUT2D eigenvalue weighted by Gasteiger charge is 2.05. The molecule has 5 heteroatoms. The van der Waals surface area contributed by atoms with E-state index < -0.39 is 6.03 Å². The summed E-state index contributed by atoms with van der Waals surface area (Å²) in [5.74, 6) is 1.41. The number of nitrogens with two attached hydrogens (primary N) is 1. The lowest BCUT2D eigenvalue weighted by Crippen LogP contribution is -2.35. The standard InChI is InChI=1S/C15H25N3O2/c1-11(2)10-20-14-6-4-13(5-7-14)12(3)17-8-9-18-15(16)19/h4-7,11-12,17H,8-10H2,1-3H3,(H3,16,18,19). The summed E-state index contributed by atoms with van der Waals surface area (Å²) in [7, 11) is 0. The monoisotopic (exact) mass is 279 g/mol. The highest BCUT2D eigenvalue weighted by Crippen LogP contribution is 2.17. The van der Waals surface area contributed by atoms with Gasteiger partial charge in [0.1, 0.15) is 5.75 Å². The van der Waals surface area contributed by atoms with Crippen LogP contribution >= 0.6 is 0 Å². The highest BCUT2D eigenvalue weighted by atomic mass is 16.5. The predicted molar refractivity (Wildman–Crippen MR) is 80.8 cm³/mol. The normalized spacial score (nSPS) is 12.2. The van der Waals surface area contributed by atoms with E-state index in [9.17, 15) is 4.79 Å². The average Bonchev–Trinajstić information content (AvgIpc) is 2.41. The first kappa shape index (κ1) is 16.3. The first-order valence-electron chi connectivity index (χ1n) is 6.98. The summed E-state index contributed by atoms with van der Waals surface area (Å²) in [6.07, 6.45) is 0. The molecule has 0 aliphatic rings. The number of nitrogens with one attached hydrogen (secondary N) is 2. The Bertz CT molecular complexity index is 404. The van der Waals surface area contributed by atoms with Gasteiger partial charge in [0.2, 0.25) is 0 Å². The molecule has 1 rings (SSSR count). The number of ether oxygens (including phenoxy) is 1. The van der Waals surface area contributed by atoms with Crippen LogP contribution in [-0.2, 0) is 0 Å². The van der Waals surface area contributed by atoms with Crippen LogP contribution < -0.4 is 21.1 Å². The Kier molecular flexibility index (Phi) is 6.87. The van der Waals surface area contributed by atoms with E-state index in [2.05, 4.69) is 43.5 Å². The minimum absolute atomic E-state index is 0.212. The third kappa shape index (κ3) is 6.43. The topological polar surface area (TPSA) is 76.4 Å². The molecular formula is C15H25N3O2. The zero-order chi connectivity index (χ0) is 15.0. The summed E-state index contributed by atoms with van der Waals surface area (Å²) in [5, 5.41) is 5.86. The number of hydrogen-bond donors (Lipinski definition) is 3. The van der Waals surface area contributed by atoms with E-state index in [1.807, 2.05) is 12.1 Å². The molecule has 1 atom stereocenters. The van der Waals surface area contributed by atoms with Crippen molar-refractivity contribution in [2.45, 2.75) is 26.8 Å². The summed E-state index contributed by atoms with van der Waals surface area (Å²) < 4.78 is 5.65. The molecule has 0 saturated carbocycles. The third-order valence-electron chi connectivity index (χ3n) is 2.84. The first-order valence-corrected chi connectivity index (χ1v) is 6.98. The molecule has 0 spiro atoms. The Hall–Kier alpha value is -1.75. The number of urea groups is 1. The van der Waals surface area contributed by atoms with E-state index in [4.69, 9.17) is 10.5 Å². The Balaban J connectivity index is 2.37. The summed E-state index contributed by atoms with van der Waals surface area (Å²) in [4.78, 5) is 10.5. The Morgan fingerprint density at radius 1 is 1.20 bits per heavy atom. The molecule has 1 unspecified atom stereocenters. The van der Waals surface area contributed by atoms with Crippen LogP contribution in [0.25, 0.3) is 0 Å². The lowest BCUT2D eigenvalue weighted by atomic mass is 10.1. The highest BCUT2D eigenvalue weighted by molar-refractivity contribution is 5.71. The van der Waals surface area contributed by atoms with Crippen molar-refractivity contribution in [3.05, 3.63) is 29.8 Å². The number of carbonyl (C=O) groups is 1. The zero-order valence-electron chi connectivity index (χ0n) is 12.5. The molecule has 0 aromatic heterocycles. The van der Waals surface area contributed by atoms with Crippen molar-refractivity contribution in [1.82, 2.24) is 10.6 Å². The second-order valence-corrected chi connectivity index (χ2v) is 5.24. The third-order valence-corrected chi connectivity index (χ3v) is 2.84. The predicted octanol–water partition coefficient (Wildman–Crippen LogP) is 2.04. The molecule has 0 radical (unpaired) electrons. The molecule has 0 aliphatic carbocycles. The van der Waals surface area contributed by atoms with Crippen molar-refractivity contribution in [2.24, 2.45) is 11.7 Å². The van der Waals surface area contributed by atoms with Crippen molar-refractivity contribution in [3.63, 3.8) is 0 Å². The van der Waals surface area contributed by atoms with Crippen LogP contribution in [-0.4, -0.2) is 25.7 Å². The number of benzene rings is 1. The van der Waals surface area contributed by atoms with Gasteiger partial charge in [-0.15, -0.1) is 0 Å². The molecule has 5 nitrogen and oxygen atoms in total. The van der Waals surface area contributed by atoms with Gasteiger partial charge in [-0.25, -0.2) is 4.79 Å². The fraction of sp³-hybridized carbons (Fsp3) is 0.533. The molecule has 0 bridgehead atoms. The summed E-state index contributed by atoms with van der Waals surface area (Å²) in [5.41, 5.74) is 6.18. The van der Waals surface area contributed by atoms with Gasteiger partial charge in [-0.05, 0) is 30.5 Å². The largest absolute Gasteiger partial charge is 0.493 e. The van der Waals surface area contributed by atoms with E-state index in [0.717, 1.165) is 12.4 Å². The van der Waals surface area contributed by atoms with Crippen LogP contribution in [0.3, 0.4) is 0 Å². The second-order valence-electron chi connectivity index (χ2n) is 5.24. The minimum Gasteiger partial charge on any atom is -0.493 e. The Morgan fingerprint density at radius 2 is 1.85 bits per heavy atom. The number of hydrogen-bond acceptors (Lipinski definition) is 3. The Morgan fingerprint density at radius 3 is 2.40 bits per heavy atom. The molecule has 112 valence electrons. The SMILES string of the molecule is CC(C)COc1ccc(C(C)NCCNC(N)=O)cc1. The van der Waals surface area contributed by atoms with Crippen molar-refractivity contribution in [3.8, 4) is 5.75 Å². The van der Waals surface area contributed by atoms with E-state index in [-0.39, 0.29) is 6.04 Å². The van der Waals surface area contributed by atoms with Gasteiger partial charge in [0.05, 0.1) is 6.61 Å². The van der Waals surface area contributed by atoms with E-state index in [1.54, 1.807) is 0 Å². The van der Waals surface area contributed by atoms with Gasteiger partial charge >= 0.3 is 6.03 Å². The van der Waals surface area contributed by atoms with Crippen molar-refractivity contribution in [1.29, 1.82) is 0 Å². The fourth-order valence-corrected chi connectivity index (χ4v) is 1.71. The van der Waals surface area contributed by atoms with Crippen LogP contribution in [0.2, 0.25) is 0 Å². The molecule has 0 aliphatic heterocycles. The van der Waals surface area contributed by atoms with Crippen LogP contribution in [0.15, 0.2) is 24.3 Å². The molecule has 4 N–H and O–H groups in total. The molecule has 0 saturated heterocycles. The van der Waals surface area contributed by atoms with Gasteiger partial charge in [-0.3, -0.25) is 0 Å². The van der Waals surface area contributed by atoms with Gasteiger partial charge < -0.3 is 21.1 Å². The zero-order valence-corrected chi connectivity index (χ0v) is 12.5. The quantitative estimate of drug-likeness (QED) is 0.637. The maximum atomic E-state index is 10.5. The number of amides is 2. The summed E-state index contributed by atoms with van der Waals surface area (Å²) >= 11 is 0. The van der Waals surface area contributed by atoms with Crippen molar-refractivity contribution in [2.75, 3.05) is 19.7 Å². The fourth-order valence-electron chi connectivity index (χ4n) is 1.71. The number of carbonyl (C=O) groups excluding carboxylic acids is 1. The van der Waals surface area contributed by atoms with Crippen LogP contribution in [0, 0.1) is 5.92 Å². The van der Waals surface area contributed by atoms with Crippen molar-refractivity contribution >= 4 is 6.03 Å². The molecule has 0 fully saturated rings. The summed E-state index contributed by atoms with van der Waals surface area (Å²) in [6.45, 7) is 8.26. The molecule has 2 amide bonds. The van der Waals surface area contributed by atoms with Crippen LogP contribution in [0.5, 0.6) is 5.75 Å². The van der Waals surface area contributed by atoms with Gasteiger partial charge in [-0.2, -0.15) is 0 Å². The molecule has 0 heterocycles. The molecule has 1 aromatic carbocycles. The molecule has 20 heavy (non-hydrogen) atoms. The van der Waals surface area contributed by atoms with E-state index >= 15 is 0 Å². The van der Waals surface area contributed by atoms with Crippen LogP contribution in [0.1, 0.15) is 32.4 Å². The second kappa shape index (κ2) is 8.43. The smallest absolute Gasteiger partial charge is 0.312 e. The van der Waals surface area contributed by atoms with Gasteiger partial charge in [0.15, 0.2) is 0 Å². The average molecular weight is 279 g/mol. The van der Waals surface area contributed by atoms with Gasteiger partial charge in [0.25, 0.3) is 0 Å². The first-order chi connectivity index (χ1) is 9.49. The number of rotatable bonds is 8. The maximum absolute atomic E-state index is 10.5. The van der Waals surface area contributed by atoms with Crippen molar-refractivity contribution < 1.29 is 9.53 Å². The van der Waals surface area contributed by atoms with Crippen LogP contribution in [0.4, 0.5) is 4.79 Å². The minimum atomic E-state index is -0.494. The molecule has 1 aromatic rings. The lowest BCUT2D eigenvalue weighted by Gasteiger charge is -2.15. The molecular weight excluding hydrogens is 254 g/mol. The maximum Gasteiger partial charge on any atom is 0.312 e. The summed E-state index contributed by atoms with van der Waals surface area (Å²) in [6, 6.07) is 7.79. The van der Waals surface area contributed by atoms with Gasteiger partial charge in [-0.1, -0.05) is 26.0 Å². The van der Waals surface area contributed by atoms with Gasteiger partial charge in [0, 0.05) is 19.1 Å². The van der Waals surface area contributed by atoms with E-state index in [0.29, 0.717) is 19.0 Å². The van der Waals surface area contributed by atoms with E-state index in [1.165, 1.54) is 5.56 Å².